The fourth-order valence-electron chi connectivity index (χ4n) is 5.52. The second-order valence-electron chi connectivity index (χ2n) is 10.1. The molecule has 4 aromatic rings. The molecular formula is C30H24F6N4O. The Bertz CT molecular complexity index is 1620. The molecular weight excluding hydrogens is 546 g/mol. The Kier molecular flexibility index (Phi) is 6.64. The Balaban J connectivity index is 1.44. The molecule has 3 heterocycles. The number of oxazole rings is 1. The highest BCUT2D eigenvalue weighted by Gasteiger charge is 2.41. The zero-order valence-corrected chi connectivity index (χ0v) is 21.8. The van der Waals surface area contributed by atoms with Crippen molar-refractivity contribution < 1.29 is 30.8 Å². The van der Waals surface area contributed by atoms with Crippen molar-refractivity contribution in [1.82, 2.24) is 9.88 Å². The number of aryl methyl sites for hydroxylation is 1. The molecule has 2 aliphatic rings. The van der Waals surface area contributed by atoms with Crippen LogP contribution in [0, 0.1) is 6.92 Å². The van der Waals surface area contributed by atoms with Gasteiger partial charge in [-0.1, -0.05) is 54.6 Å². The van der Waals surface area contributed by atoms with E-state index in [9.17, 15) is 26.3 Å². The van der Waals surface area contributed by atoms with Gasteiger partial charge in [0.1, 0.15) is 11.9 Å². The number of rotatable bonds is 4. The van der Waals surface area contributed by atoms with Crippen LogP contribution in [0.25, 0.3) is 11.5 Å². The minimum Gasteiger partial charge on any atom is -0.439 e. The minimum atomic E-state index is -4.64. The van der Waals surface area contributed by atoms with E-state index in [2.05, 4.69) is 15.0 Å². The van der Waals surface area contributed by atoms with E-state index in [0.29, 0.717) is 13.1 Å². The SMILES string of the molecule is Cc1oc(-c2ccccc2C(F)(F)F)nc1N1N=C(c2ccccc2C(F)(F)F)CC1N1CCc2ccccc2C1. The lowest BCUT2D eigenvalue weighted by atomic mass is 9.97. The molecule has 0 N–H and O–H groups in total. The van der Waals surface area contributed by atoms with Crippen molar-refractivity contribution in [2.45, 2.75) is 44.8 Å². The van der Waals surface area contributed by atoms with E-state index in [-0.39, 0.29) is 40.7 Å². The van der Waals surface area contributed by atoms with E-state index < -0.39 is 29.6 Å². The van der Waals surface area contributed by atoms with E-state index in [0.717, 1.165) is 24.1 Å². The Labute approximate surface area is 231 Å². The van der Waals surface area contributed by atoms with Crippen molar-refractivity contribution in [2.24, 2.45) is 5.10 Å². The number of aromatic nitrogens is 1. The van der Waals surface area contributed by atoms with Gasteiger partial charge in [0, 0.05) is 30.6 Å². The van der Waals surface area contributed by atoms with E-state index in [1.165, 1.54) is 47.0 Å². The number of hydrogen-bond acceptors (Lipinski definition) is 5. The van der Waals surface area contributed by atoms with Gasteiger partial charge in [0.25, 0.3) is 0 Å². The maximum atomic E-state index is 13.9. The van der Waals surface area contributed by atoms with Crippen LogP contribution in [0.3, 0.4) is 0 Å². The smallest absolute Gasteiger partial charge is 0.417 e. The third-order valence-electron chi connectivity index (χ3n) is 7.46. The molecule has 0 bridgehead atoms. The molecule has 3 aromatic carbocycles. The molecule has 1 aromatic heterocycles. The molecule has 0 spiro atoms. The summed E-state index contributed by atoms with van der Waals surface area (Å²) in [4.78, 5) is 6.53. The fourth-order valence-corrected chi connectivity index (χ4v) is 5.52. The first-order valence-electron chi connectivity index (χ1n) is 13.0. The fraction of sp³-hybridized carbons (Fsp3) is 0.267. The Morgan fingerprint density at radius 2 is 1.37 bits per heavy atom. The summed E-state index contributed by atoms with van der Waals surface area (Å²) < 4.78 is 88.8. The lowest BCUT2D eigenvalue weighted by molar-refractivity contribution is -0.138. The highest BCUT2D eigenvalue weighted by atomic mass is 19.4. The Morgan fingerprint density at radius 1 is 0.780 bits per heavy atom. The molecule has 2 aliphatic heterocycles. The van der Waals surface area contributed by atoms with Crippen molar-refractivity contribution in [3.05, 3.63) is 106 Å². The average molecular weight is 571 g/mol. The van der Waals surface area contributed by atoms with E-state index in [4.69, 9.17) is 4.42 Å². The van der Waals surface area contributed by atoms with Gasteiger partial charge in [0.2, 0.25) is 5.89 Å². The number of halogens is 6. The molecule has 0 radical (unpaired) electrons. The van der Waals surface area contributed by atoms with Crippen molar-refractivity contribution >= 4 is 11.5 Å². The predicted molar refractivity (Wildman–Crippen MR) is 141 cm³/mol. The number of fused-ring (bicyclic) bond motifs is 1. The summed E-state index contributed by atoms with van der Waals surface area (Å²) in [6, 6.07) is 18.2. The standard InChI is InChI=1S/C30H24F6N4O/c1-18-27(37-28(41-18)22-11-5-7-13-24(22)30(34,35)36)40-26(39-15-14-19-8-2-3-9-20(19)17-39)16-25(38-40)21-10-4-6-12-23(21)29(31,32)33/h2-13,26H,14-17H2,1H3. The first-order chi connectivity index (χ1) is 19.5. The predicted octanol–water partition coefficient (Wildman–Crippen LogP) is 7.69. The molecule has 5 nitrogen and oxygen atoms in total. The molecule has 0 fully saturated rings. The van der Waals surface area contributed by atoms with Crippen molar-refractivity contribution in [3.8, 4) is 11.5 Å². The van der Waals surface area contributed by atoms with Gasteiger partial charge >= 0.3 is 12.4 Å². The number of alkyl halides is 6. The van der Waals surface area contributed by atoms with Gasteiger partial charge in [-0.2, -0.15) is 36.4 Å². The number of benzene rings is 3. The van der Waals surface area contributed by atoms with Crippen molar-refractivity contribution in [3.63, 3.8) is 0 Å². The number of hydrogen-bond donors (Lipinski definition) is 0. The van der Waals surface area contributed by atoms with Crippen LogP contribution in [0.15, 0.2) is 82.3 Å². The lowest BCUT2D eigenvalue weighted by Gasteiger charge is -2.36. The molecule has 11 heteroatoms. The topological polar surface area (TPSA) is 44.9 Å². The summed E-state index contributed by atoms with van der Waals surface area (Å²) >= 11 is 0. The Hall–Kier alpha value is -4.12. The molecule has 0 aliphatic carbocycles. The van der Waals surface area contributed by atoms with Crippen LogP contribution in [0.5, 0.6) is 0 Å². The van der Waals surface area contributed by atoms with Crippen LogP contribution < -0.4 is 5.01 Å². The van der Waals surface area contributed by atoms with Crippen molar-refractivity contribution in [1.29, 1.82) is 0 Å². The first-order valence-corrected chi connectivity index (χ1v) is 13.0. The van der Waals surface area contributed by atoms with Gasteiger partial charge in [-0.3, -0.25) is 4.90 Å². The summed E-state index contributed by atoms with van der Waals surface area (Å²) in [5.74, 6) is 0.112. The lowest BCUT2D eigenvalue weighted by Crippen LogP contribution is -2.46. The Morgan fingerprint density at radius 3 is 2.05 bits per heavy atom. The highest BCUT2D eigenvalue weighted by molar-refractivity contribution is 6.04. The van der Waals surface area contributed by atoms with Gasteiger partial charge in [-0.25, -0.2) is 5.01 Å². The van der Waals surface area contributed by atoms with Crippen molar-refractivity contribution in [2.75, 3.05) is 11.6 Å². The largest absolute Gasteiger partial charge is 0.439 e. The zero-order valence-electron chi connectivity index (χ0n) is 21.8. The third-order valence-corrected chi connectivity index (χ3v) is 7.46. The first kappa shape index (κ1) is 27.1. The van der Waals surface area contributed by atoms with Gasteiger partial charge in [0.15, 0.2) is 5.82 Å². The van der Waals surface area contributed by atoms with Crippen LogP contribution in [-0.2, 0) is 25.3 Å². The average Bonchev–Trinajstić information content (AvgIpc) is 3.55. The summed E-state index contributed by atoms with van der Waals surface area (Å²) in [5.41, 5.74) is 0.514. The van der Waals surface area contributed by atoms with Crippen LogP contribution in [-0.4, -0.2) is 28.3 Å². The minimum absolute atomic E-state index is 0.0475. The van der Waals surface area contributed by atoms with Crippen LogP contribution in [0.4, 0.5) is 32.2 Å². The molecule has 0 saturated heterocycles. The molecule has 0 saturated carbocycles. The van der Waals surface area contributed by atoms with Gasteiger partial charge in [0.05, 0.1) is 16.8 Å². The monoisotopic (exact) mass is 570 g/mol. The number of hydrazone groups is 1. The zero-order chi connectivity index (χ0) is 28.9. The molecule has 0 amide bonds. The summed E-state index contributed by atoms with van der Waals surface area (Å²) in [7, 11) is 0. The van der Waals surface area contributed by atoms with E-state index in [1.807, 2.05) is 24.3 Å². The molecule has 212 valence electrons. The molecule has 1 unspecified atom stereocenters. The van der Waals surface area contributed by atoms with Gasteiger partial charge in [-0.05, 0) is 42.7 Å². The van der Waals surface area contributed by atoms with Gasteiger partial charge in [-0.15, -0.1) is 0 Å². The van der Waals surface area contributed by atoms with Crippen LogP contribution >= 0.6 is 0 Å². The van der Waals surface area contributed by atoms with Crippen LogP contribution in [0.1, 0.15) is 40.0 Å². The second-order valence-corrected chi connectivity index (χ2v) is 10.1. The normalized spacial score (nSPS) is 18.0. The highest BCUT2D eigenvalue weighted by Crippen LogP contribution is 2.41. The van der Waals surface area contributed by atoms with Gasteiger partial charge < -0.3 is 4.42 Å². The number of anilines is 1. The number of nitrogens with zero attached hydrogens (tertiary/aromatic N) is 4. The molecule has 1 atom stereocenters. The van der Waals surface area contributed by atoms with E-state index >= 15 is 0 Å². The second kappa shape index (κ2) is 10.1. The van der Waals surface area contributed by atoms with Crippen LogP contribution in [0.2, 0.25) is 0 Å². The van der Waals surface area contributed by atoms with E-state index in [1.54, 1.807) is 6.92 Å². The maximum Gasteiger partial charge on any atom is 0.417 e. The summed E-state index contributed by atoms with van der Waals surface area (Å²) in [6.07, 6.45) is -8.88. The summed E-state index contributed by atoms with van der Waals surface area (Å²) in [5, 5.41) is 6.11. The molecule has 41 heavy (non-hydrogen) atoms. The quantitative estimate of drug-likeness (QED) is 0.236. The summed E-state index contributed by atoms with van der Waals surface area (Å²) in [6.45, 7) is 2.70. The third kappa shape index (κ3) is 5.10. The molecule has 6 rings (SSSR count). The maximum absolute atomic E-state index is 13.9.